The fourth-order valence-corrected chi connectivity index (χ4v) is 2.55. The number of carboxylic acid groups (broad SMARTS) is 1. The summed E-state index contributed by atoms with van der Waals surface area (Å²) in [6.45, 7) is 7.18. The minimum absolute atomic E-state index is 0.0379. The van der Waals surface area contributed by atoms with Crippen LogP contribution in [0.4, 0.5) is 0 Å². The predicted octanol–water partition coefficient (Wildman–Crippen LogP) is 3.15. The van der Waals surface area contributed by atoms with Gasteiger partial charge in [0.25, 0.3) is 0 Å². The molecule has 0 saturated carbocycles. The highest BCUT2D eigenvalue weighted by Crippen LogP contribution is 2.23. The van der Waals surface area contributed by atoms with E-state index in [4.69, 9.17) is 15.3 Å². The number of hydrogen-bond acceptors (Lipinski definition) is 5. The first-order valence-corrected chi connectivity index (χ1v) is 8.90. The van der Waals surface area contributed by atoms with Gasteiger partial charge in [-0.25, -0.2) is 0 Å². The molecule has 6 nitrogen and oxygen atoms in total. The monoisotopic (exact) mass is 375 g/mol. The van der Waals surface area contributed by atoms with Crippen molar-refractivity contribution in [3.63, 3.8) is 0 Å². The van der Waals surface area contributed by atoms with Crippen LogP contribution in [0.5, 0.6) is 5.75 Å². The minimum Gasteiger partial charge on any atom is -0.506 e. The molecule has 0 radical (unpaired) electrons. The van der Waals surface area contributed by atoms with E-state index in [1.54, 1.807) is 13.8 Å². The van der Waals surface area contributed by atoms with Crippen LogP contribution in [-0.4, -0.2) is 31.4 Å². The van der Waals surface area contributed by atoms with Gasteiger partial charge in [-0.15, -0.1) is 0 Å². The van der Waals surface area contributed by atoms with Crippen LogP contribution in [-0.2, 0) is 24.4 Å². The Morgan fingerprint density at radius 3 is 2.11 bits per heavy atom. The van der Waals surface area contributed by atoms with Crippen molar-refractivity contribution in [3.8, 4) is 5.75 Å². The number of aromatic nitrogens is 1. The van der Waals surface area contributed by atoms with E-state index in [9.17, 15) is 9.90 Å². The number of aryl methyl sites for hydroxylation is 1. The van der Waals surface area contributed by atoms with Crippen molar-refractivity contribution < 1.29 is 25.2 Å². The van der Waals surface area contributed by atoms with Gasteiger partial charge in [-0.3, -0.25) is 9.78 Å². The molecule has 0 aliphatic heterocycles. The minimum atomic E-state index is -0.772. The van der Waals surface area contributed by atoms with E-state index < -0.39 is 11.9 Å². The van der Waals surface area contributed by atoms with E-state index in [1.165, 1.54) is 11.8 Å². The van der Waals surface area contributed by atoms with Crippen LogP contribution in [0.1, 0.15) is 54.6 Å². The van der Waals surface area contributed by atoms with Crippen LogP contribution in [0, 0.1) is 12.8 Å². The van der Waals surface area contributed by atoms with E-state index in [-0.39, 0.29) is 19.0 Å². The molecule has 1 atom stereocenters. The molecular formula is C21H29NO5. The van der Waals surface area contributed by atoms with Crippen molar-refractivity contribution in [2.45, 2.75) is 53.2 Å². The molecule has 0 saturated heterocycles. The molecule has 1 aromatic carbocycles. The number of benzene rings is 1. The highest BCUT2D eigenvalue weighted by Gasteiger charge is 2.13. The lowest BCUT2D eigenvalue weighted by atomic mass is 9.97. The van der Waals surface area contributed by atoms with E-state index >= 15 is 0 Å². The van der Waals surface area contributed by atoms with Crippen molar-refractivity contribution in [3.05, 3.63) is 58.4 Å². The van der Waals surface area contributed by atoms with Gasteiger partial charge in [-0.05, 0) is 37.3 Å². The van der Waals surface area contributed by atoms with E-state index in [0.717, 1.165) is 12.0 Å². The molecule has 0 spiro atoms. The van der Waals surface area contributed by atoms with Gasteiger partial charge in [0.1, 0.15) is 5.75 Å². The SMILES string of the molecule is CC(C)Cc1ccc(C(C)C(=O)O)cc1.Cc1ncc(CO)c(CO)c1O. The molecule has 148 valence electrons. The van der Waals surface area contributed by atoms with Crippen LogP contribution >= 0.6 is 0 Å². The van der Waals surface area contributed by atoms with Crippen molar-refractivity contribution in [1.29, 1.82) is 0 Å². The number of aliphatic hydroxyl groups excluding tert-OH is 2. The Hall–Kier alpha value is -2.44. The molecule has 1 unspecified atom stereocenters. The summed E-state index contributed by atoms with van der Waals surface area (Å²) in [6.07, 6.45) is 2.49. The van der Waals surface area contributed by atoms with Crippen molar-refractivity contribution in [2.24, 2.45) is 5.92 Å². The number of carbonyl (C=O) groups is 1. The molecule has 27 heavy (non-hydrogen) atoms. The number of aromatic hydroxyl groups is 1. The lowest BCUT2D eigenvalue weighted by Gasteiger charge is -2.09. The van der Waals surface area contributed by atoms with Crippen LogP contribution in [0.25, 0.3) is 0 Å². The number of aliphatic carboxylic acids is 1. The second kappa shape index (κ2) is 10.6. The van der Waals surface area contributed by atoms with Crippen LogP contribution in [0.2, 0.25) is 0 Å². The molecule has 1 heterocycles. The molecule has 0 amide bonds. The van der Waals surface area contributed by atoms with Gasteiger partial charge in [-0.1, -0.05) is 38.1 Å². The Morgan fingerprint density at radius 1 is 1.07 bits per heavy atom. The van der Waals surface area contributed by atoms with Gasteiger partial charge in [-0.2, -0.15) is 0 Å². The first-order valence-electron chi connectivity index (χ1n) is 8.90. The molecule has 0 aliphatic rings. The molecule has 0 bridgehead atoms. The van der Waals surface area contributed by atoms with Crippen molar-refractivity contribution in [1.82, 2.24) is 4.98 Å². The zero-order chi connectivity index (χ0) is 20.6. The third-order valence-corrected chi connectivity index (χ3v) is 4.25. The number of rotatable bonds is 6. The van der Waals surface area contributed by atoms with Crippen LogP contribution in [0.3, 0.4) is 0 Å². The van der Waals surface area contributed by atoms with Gasteiger partial charge in [0.05, 0.1) is 24.8 Å². The van der Waals surface area contributed by atoms with Gasteiger partial charge >= 0.3 is 5.97 Å². The maximum absolute atomic E-state index is 10.8. The third-order valence-electron chi connectivity index (χ3n) is 4.25. The van der Waals surface area contributed by atoms with E-state index in [0.29, 0.717) is 22.7 Å². The number of pyridine rings is 1. The smallest absolute Gasteiger partial charge is 0.310 e. The summed E-state index contributed by atoms with van der Waals surface area (Å²) >= 11 is 0. The average Bonchev–Trinajstić information content (AvgIpc) is 2.63. The quantitative estimate of drug-likeness (QED) is 0.617. The Morgan fingerprint density at radius 2 is 1.67 bits per heavy atom. The number of aliphatic hydroxyl groups is 2. The summed E-state index contributed by atoms with van der Waals surface area (Å²) in [4.78, 5) is 14.6. The number of nitrogens with zero attached hydrogens (tertiary/aromatic N) is 1. The second-order valence-electron chi connectivity index (χ2n) is 6.91. The van der Waals surface area contributed by atoms with Gasteiger partial charge in [0.15, 0.2) is 0 Å². The Balaban J connectivity index is 0.000000277. The topological polar surface area (TPSA) is 111 Å². The summed E-state index contributed by atoms with van der Waals surface area (Å²) in [6, 6.07) is 7.87. The summed E-state index contributed by atoms with van der Waals surface area (Å²) in [5, 5.41) is 35.9. The first kappa shape index (κ1) is 22.6. The molecule has 4 N–H and O–H groups in total. The Labute approximate surface area is 160 Å². The van der Waals surface area contributed by atoms with Crippen LogP contribution in [0.15, 0.2) is 30.5 Å². The molecule has 0 aliphatic carbocycles. The van der Waals surface area contributed by atoms with E-state index in [1.807, 2.05) is 24.3 Å². The van der Waals surface area contributed by atoms with Gasteiger partial charge in [0.2, 0.25) is 0 Å². The van der Waals surface area contributed by atoms with Gasteiger partial charge < -0.3 is 20.4 Å². The summed E-state index contributed by atoms with van der Waals surface area (Å²) in [5.74, 6) is -0.596. The maximum atomic E-state index is 10.8. The fourth-order valence-electron chi connectivity index (χ4n) is 2.55. The molecule has 2 aromatic rings. The lowest BCUT2D eigenvalue weighted by Crippen LogP contribution is -2.07. The molecule has 6 heteroatoms. The first-order chi connectivity index (χ1) is 12.7. The van der Waals surface area contributed by atoms with E-state index in [2.05, 4.69) is 18.8 Å². The normalized spacial score (nSPS) is 11.7. The Kier molecular flexibility index (Phi) is 8.91. The predicted molar refractivity (Wildman–Crippen MR) is 104 cm³/mol. The molecule has 2 rings (SSSR count). The fraction of sp³-hybridized carbons (Fsp3) is 0.429. The Bertz CT molecular complexity index is 741. The molecule has 1 aromatic heterocycles. The summed E-state index contributed by atoms with van der Waals surface area (Å²) in [5.41, 5.74) is 3.41. The average molecular weight is 375 g/mol. The van der Waals surface area contributed by atoms with Gasteiger partial charge in [0, 0.05) is 17.3 Å². The lowest BCUT2D eigenvalue weighted by molar-refractivity contribution is -0.138. The summed E-state index contributed by atoms with van der Waals surface area (Å²) in [7, 11) is 0. The molecular weight excluding hydrogens is 346 g/mol. The number of hydrogen-bond donors (Lipinski definition) is 4. The second-order valence-corrected chi connectivity index (χ2v) is 6.91. The zero-order valence-corrected chi connectivity index (χ0v) is 16.3. The maximum Gasteiger partial charge on any atom is 0.310 e. The highest BCUT2D eigenvalue weighted by atomic mass is 16.4. The molecule has 0 fully saturated rings. The van der Waals surface area contributed by atoms with Crippen molar-refractivity contribution in [2.75, 3.05) is 0 Å². The standard InChI is InChI=1S/C13H18O2.C8H11NO3/c1-9(2)8-11-4-6-12(7-5-11)10(3)13(14)15;1-5-8(12)7(4-11)6(3-10)2-9-5/h4-7,9-10H,8H2,1-3H3,(H,14,15);2,10-12H,3-4H2,1H3. The number of carboxylic acids is 1. The highest BCUT2D eigenvalue weighted by molar-refractivity contribution is 5.75. The largest absolute Gasteiger partial charge is 0.506 e. The third kappa shape index (κ3) is 6.66. The zero-order valence-electron chi connectivity index (χ0n) is 16.3. The summed E-state index contributed by atoms with van der Waals surface area (Å²) < 4.78 is 0. The van der Waals surface area contributed by atoms with Crippen LogP contribution < -0.4 is 0 Å². The van der Waals surface area contributed by atoms with Crippen molar-refractivity contribution >= 4 is 5.97 Å².